The summed E-state index contributed by atoms with van der Waals surface area (Å²) >= 11 is 0. The number of rotatable bonds is 2. The molecule has 0 bridgehead atoms. The van der Waals surface area contributed by atoms with Crippen molar-refractivity contribution in [3.63, 3.8) is 0 Å². The zero-order valence-electron chi connectivity index (χ0n) is 8.36. The number of hydrogen-bond acceptors (Lipinski definition) is 3. The summed E-state index contributed by atoms with van der Waals surface area (Å²) in [7, 11) is 0. The summed E-state index contributed by atoms with van der Waals surface area (Å²) in [5.74, 6) is -0.189. The van der Waals surface area contributed by atoms with Crippen LogP contribution in [0.1, 0.15) is 20.3 Å². The van der Waals surface area contributed by atoms with Gasteiger partial charge in [0, 0.05) is 6.42 Å². The van der Waals surface area contributed by atoms with Gasteiger partial charge >= 0.3 is 6.03 Å². The van der Waals surface area contributed by atoms with Crippen molar-refractivity contribution in [2.45, 2.75) is 25.9 Å². The first-order chi connectivity index (χ1) is 6.31. The topological polar surface area (TPSA) is 86.9 Å². The minimum atomic E-state index is -1.03. The van der Waals surface area contributed by atoms with Gasteiger partial charge in [0.25, 0.3) is 0 Å². The predicted molar refractivity (Wildman–Crippen MR) is 48.9 cm³/mol. The Bertz CT molecular complexity index is 259. The summed E-state index contributed by atoms with van der Waals surface area (Å²) in [6.07, 6.45) is 0.263. The van der Waals surface area contributed by atoms with Crippen LogP contribution in [0.15, 0.2) is 0 Å². The van der Waals surface area contributed by atoms with Crippen LogP contribution in [0.2, 0.25) is 0 Å². The minimum absolute atomic E-state index is 0.0781. The molecule has 3 N–H and O–H groups in total. The van der Waals surface area contributed by atoms with Gasteiger partial charge in [0.2, 0.25) is 5.91 Å². The summed E-state index contributed by atoms with van der Waals surface area (Å²) in [6.45, 7) is 3.51. The first-order valence-electron chi connectivity index (χ1n) is 4.41. The lowest BCUT2D eigenvalue weighted by Gasteiger charge is -2.31. The summed E-state index contributed by atoms with van der Waals surface area (Å²) in [4.78, 5) is 22.2. The fraction of sp³-hybridized carbons (Fsp3) is 0.750. The Balaban J connectivity index is 2.72. The van der Waals surface area contributed by atoms with Gasteiger partial charge in [-0.2, -0.15) is 0 Å². The van der Waals surface area contributed by atoms with Crippen molar-refractivity contribution in [1.29, 1.82) is 0 Å². The Morgan fingerprint density at radius 3 is 2.64 bits per heavy atom. The van der Waals surface area contributed by atoms with E-state index in [0.29, 0.717) is 6.54 Å². The molecule has 3 amide bonds. The van der Waals surface area contributed by atoms with Crippen LogP contribution < -0.4 is 5.73 Å². The van der Waals surface area contributed by atoms with Crippen LogP contribution in [-0.2, 0) is 4.79 Å². The van der Waals surface area contributed by atoms with Gasteiger partial charge in [0.1, 0.15) is 0 Å². The molecule has 1 aliphatic rings. The molecule has 0 unspecified atom stereocenters. The first kappa shape index (κ1) is 10.8. The number of β-amino-alcohol motifs (C(OH)–C–C–N with tert-alkyl or cyclic N) is 1. The quantitative estimate of drug-likeness (QED) is 0.618. The van der Waals surface area contributed by atoms with Gasteiger partial charge in [-0.05, 0) is 13.8 Å². The van der Waals surface area contributed by atoms with Gasteiger partial charge < -0.3 is 10.8 Å². The number of hydrazine groups is 1. The van der Waals surface area contributed by atoms with E-state index in [9.17, 15) is 14.7 Å². The van der Waals surface area contributed by atoms with Crippen molar-refractivity contribution in [2.75, 3.05) is 13.1 Å². The SMILES string of the molecule is CC(C)(O)CN1C(=O)CCN1C(N)=O. The molecule has 0 aromatic carbocycles. The number of urea groups is 1. The maximum atomic E-state index is 11.3. The third-order valence-electron chi connectivity index (χ3n) is 1.91. The molecule has 14 heavy (non-hydrogen) atoms. The smallest absolute Gasteiger partial charge is 0.333 e. The molecule has 0 radical (unpaired) electrons. The van der Waals surface area contributed by atoms with Crippen molar-refractivity contribution in [3.05, 3.63) is 0 Å². The normalized spacial score (nSPS) is 17.8. The van der Waals surface area contributed by atoms with Crippen LogP contribution >= 0.6 is 0 Å². The van der Waals surface area contributed by atoms with E-state index >= 15 is 0 Å². The number of primary amides is 1. The van der Waals surface area contributed by atoms with E-state index in [-0.39, 0.29) is 18.9 Å². The second-order valence-electron chi connectivity index (χ2n) is 3.98. The molecule has 0 aliphatic carbocycles. The predicted octanol–water partition coefficient (Wildman–Crippen LogP) is -0.715. The van der Waals surface area contributed by atoms with Crippen molar-refractivity contribution in [1.82, 2.24) is 10.0 Å². The Hall–Kier alpha value is -1.30. The fourth-order valence-electron chi connectivity index (χ4n) is 1.36. The highest BCUT2D eigenvalue weighted by atomic mass is 16.3. The maximum absolute atomic E-state index is 11.3. The van der Waals surface area contributed by atoms with Gasteiger partial charge in [-0.1, -0.05) is 0 Å². The van der Waals surface area contributed by atoms with Crippen molar-refractivity contribution >= 4 is 11.9 Å². The van der Waals surface area contributed by atoms with E-state index in [4.69, 9.17) is 5.73 Å². The highest BCUT2D eigenvalue weighted by molar-refractivity contribution is 5.84. The molecule has 1 saturated heterocycles. The minimum Gasteiger partial charge on any atom is -0.389 e. The standard InChI is InChI=1S/C8H15N3O3/c1-8(2,14)5-11-6(12)3-4-10(11)7(9)13/h14H,3-5H2,1-2H3,(H2,9,13). The third kappa shape index (κ3) is 2.35. The molecule has 1 heterocycles. The Morgan fingerprint density at radius 2 is 2.21 bits per heavy atom. The summed E-state index contributed by atoms with van der Waals surface area (Å²) in [5.41, 5.74) is 4.05. The van der Waals surface area contributed by atoms with E-state index in [0.717, 1.165) is 5.01 Å². The lowest BCUT2D eigenvalue weighted by molar-refractivity contribution is -0.139. The molecule has 1 rings (SSSR count). The van der Waals surface area contributed by atoms with E-state index in [1.807, 2.05) is 0 Å². The second-order valence-corrected chi connectivity index (χ2v) is 3.98. The average molecular weight is 201 g/mol. The summed E-state index contributed by atoms with van der Waals surface area (Å²) in [5, 5.41) is 11.9. The molecule has 0 atom stereocenters. The molecule has 1 fully saturated rings. The zero-order valence-corrected chi connectivity index (χ0v) is 8.36. The third-order valence-corrected chi connectivity index (χ3v) is 1.91. The van der Waals surface area contributed by atoms with Gasteiger partial charge in [-0.3, -0.25) is 4.79 Å². The number of carbonyl (C=O) groups excluding carboxylic acids is 2. The van der Waals surface area contributed by atoms with Crippen molar-refractivity contribution < 1.29 is 14.7 Å². The van der Waals surface area contributed by atoms with E-state index in [2.05, 4.69) is 0 Å². The second kappa shape index (κ2) is 3.45. The molecular weight excluding hydrogens is 186 g/mol. The van der Waals surface area contributed by atoms with Crippen LogP contribution in [-0.4, -0.2) is 45.8 Å². The molecule has 0 saturated carbocycles. The number of aliphatic hydroxyl groups is 1. The van der Waals surface area contributed by atoms with Crippen LogP contribution in [0.4, 0.5) is 4.79 Å². The number of hydrogen-bond donors (Lipinski definition) is 2. The van der Waals surface area contributed by atoms with Gasteiger partial charge in [0.05, 0.1) is 18.7 Å². The highest BCUT2D eigenvalue weighted by Crippen LogP contribution is 2.15. The number of nitrogens with zero attached hydrogens (tertiary/aromatic N) is 2. The molecule has 6 nitrogen and oxygen atoms in total. The van der Waals surface area contributed by atoms with E-state index in [1.165, 1.54) is 5.01 Å². The molecule has 0 aromatic rings. The van der Waals surface area contributed by atoms with Crippen molar-refractivity contribution in [3.8, 4) is 0 Å². The zero-order chi connectivity index (χ0) is 10.9. The van der Waals surface area contributed by atoms with Crippen LogP contribution in [0.25, 0.3) is 0 Å². The Kier molecular flexibility index (Phi) is 2.66. The molecule has 0 aromatic heterocycles. The largest absolute Gasteiger partial charge is 0.389 e. The maximum Gasteiger partial charge on any atom is 0.333 e. The monoisotopic (exact) mass is 201 g/mol. The van der Waals surface area contributed by atoms with Gasteiger partial charge in [-0.15, -0.1) is 0 Å². The molecule has 1 aliphatic heterocycles. The molecule has 80 valence electrons. The molecular formula is C8H15N3O3. The van der Waals surface area contributed by atoms with E-state index in [1.54, 1.807) is 13.8 Å². The van der Waals surface area contributed by atoms with Crippen LogP contribution in [0.3, 0.4) is 0 Å². The molecule has 6 heteroatoms. The van der Waals surface area contributed by atoms with Crippen LogP contribution in [0, 0.1) is 0 Å². The molecule has 0 spiro atoms. The summed E-state index contributed by atoms with van der Waals surface area (Å²) < 4.78 is 0. The van der Waals surface area contributed by atoms with Crippen LogP contribution in [0.5, 0.6) is 0 Å². The van der Waals surface area contributed by atoms with Gasteiger partial charge in [0.15, 0.2) is 0 Å². The number of nitrogens with two attached hydrogens (primary N) is 1. The average Bonchev–Trinajstić information content (AvgIpc) is 2.29. The number of carbonyl (C=O) groups is 2. The van der Waals surface area contributed by atoms with Gasteiger partial charge in [-0.25, -0.2) is 14.8 Å². The fourth-order valence-corrected chi connectivity index (χ4v) is 1.36. The Morgan fingerprint density at radius 1 is 1.64 bits per heavy atom. The first-order valence-corrected chi connectivity index (χ1v) is 4.41. The lowest BCUT2D eigenvalue weighted by atomic mass is 10.1. The van der Waals surface area contributed by atoms with Crippen molar-refractivity contribution in [2.24, 2.45) is 5.73 Å². The highest BCUT2D eigenvalue weighted by Gasteiger charge is 2.34. The van der Waals surface area contributed by atoms with E-state index < -0.39 is 11.6 Å². The Labute approximate surface area is 82.2 Å². The number of amides is 3. The summed E-state index contributed by atoms with van der Waals surface area (Å²) in [6, 6.07) is -0.667. The lowest BCUT2D eigenvalue weighted by Crippen LogP contribution is -2.50.